The summed E-state index contributed by atoms with van der Waals surface area (Å²) >= 11 is 0. The summed E-state index contributed by atoms with van der Waals surface area (Å²) in [6.45, 7) is 9.71. The third-order valence-corrected chi connectivity index (χ3v) is 3.94. The van der Waals surface area contributed by atoms with Gasteiger partial charge in [-0.1, -0.05) is 6.07 Å². The molecule has 1 saturated heterocycles. The number of carbonyl (C=O) groups excluding carboxylic acids is 1. The van der Waals surface area contributed by atoms with Crippen LogP contribution in [0.2, 0.25) is 0 Å². The van der Waals surface area contributed by atoms with Crippen molar-refractivity contribution < 1.29 is 9.90 Å². The number of piperazine rings is 1. The van der Waals surface area contributed by atoms with E-state index in [1.165, 1.54) is 5.56 Å². The fourth-order valence-corrected chi connectivity index (χ4v) is 2.56. The number of aryl methyl sites for hydroxylation is 2. The van der Waals surface area contributed by atoms with E-state index >= 15 is 0 Å². The Bertz CT molecular complexity index is 477. The smallest absolute Gasteiger partial charge is 0.253 e. The van der Waals surface area contributed by atoms with E-state index in [9.17, 15) is 9.90 Å². The molecule has 1 atom stereocenters. The molecule has 20 heavy (non-hydrogen) atoms. The highest BCUT2D eigenvalue weighted by atomic mass is 16.3. The molecule has 0 bridgehead atoms. The molecule has 0 spiro atoms. The van der Waals surface area contributed by atoms with Crippen LogP contribution in [-0.4, -0.2) is 59.6 Å². The van der Waals surface area contributed by atoms with Gasteiger partial charge in [0.2, 0.25) is 0 Å². The van der Waals surface area contributed by atoms with Gasteiger partial charge in [-0.25, -0.2) is 0 Å². The lowest BCUT2D eigenvalue weighted by Crippen LogP contribution is -2.50. The maximum atomic E-state index is 12.5. The molecule has 0 aliphatic carbocycles. The molecule has 0 unspecified atom stereocenters. The summed E-state index contributed by atoms with van der Waals surface area (Å²) in [7, 11) is 0. The average Bonchev–Trinajstić information content (AvgIpc) is 2.41. The van der Waals surface area contributed by atoms with Crippen molar-refractivity contribution in [2.45, 2.75) is 26.9 Å². The molecule has 1 aromatic carbocycles. The number of amides is 1. The van der Waals surface area contributed by atoms with Crippen LogP contribution in [0.1, 0.15) is 28.4 Å². The van der Waals surface area contributed by atoms with Crippen LogP contribution in [0.5, 0.6) is 0 Å². The second kappa shape index (κ2) is 6.37. The van der Waals surface area contributed by atoms with Crippen molar-refractivity contribution in [3.63, 3.8) is 0 Å². The summed E-state index contributed by atoms with van der Waals surface area (Å²) in [6.07, 6.45) is -0.308. The van der Waals surface area contributed by atoms with Gasteiger partial charge in [0.15, 0.2) is 0 Å². The maximum absolute atomic E-state index is 12.5. The molecule has 0 aromatic heterocycles. The molecule has 1 aliphatic heterocycles. The first-order valence-corrected chi connectivity index (χ1v) is 7.24. The predicted molar refractivity (Wildman–Crippen MR) is 79.9 cm³/mol. The Labute approximate surface area is 121 Å². The predicted octanol–water partition coefficient (Wildman–Crippen LogP) is 1.44. The SMILES string of the molecule is Cc1ccc(C(=O)N2CCN(C[C@@H](C)O)CC2)cc1C. The van der Waals surface area contributed by atoms with E-state index in [1.807, 2.05) is 30.0 Å². The van der Waals surface area contributed by atoms with Crippen LogP contribution in [-0.2, 0) is 0 Å². The number of β-amino-alcohol motifs (C(OH)–C–C–N with tert-alkyl or cyclic N) is 1. The van der Waals surface area contributed by atoms with E-state index in [0.717, 1.165) is 37.3 Å². The minimum Gasteiger partial charge on any atom is -0.392 e. The summed E-state index contributed by atoms with van der Waals surface area (Å²) in [6, 6.07) is 5.89. The van der Waals surface area contributed by atoms with Crippen molar-refractivity contribution in [3.8, 4) is 0 Å². The lowest BCUT2D eigenvalue weighted by Gasteiger charge is -2.35. The largest absolute Gasteiger partial charge is 0.392 e. The third kappa shape index (κ3) is 3.58. The molecule has 1 fully saturated rings. The molecular weight excluding hydrogens is 252 g/mol. The number of aliphatic hydroxyl groups excluding tert-OH is 1. The van der Waals surface area contributed by atoms with E-state index < -0.39 is 0 Å². The topological polar surface area (TPSA) is 43.8 Å². The minimum absolute atomic E-state index is 0.116. The van der Waals surface area contributed by atoms with Gasteiger partial charge in [-0.05, 0) is 44.0 Å². The van der Waals surface area contributed by atoms with Crippen LogP contribution < -0.4 is 0 Å². The standard InChI is InChI=1S/C16H24N2O2/c1-12-4-5-15(10-13(12)2)16(20)18-8-6-17(7-9-18)11-14(3)19/h4-5,10,14,19H,6-9,11H2,1-3H3/t14-/m1/s1. The van der Waals surface area contributed by atoms with Crippen molar-refractivity contribution in [3.05, 3.63) is 34.9 Å². The number of hydrogen-bond acceptors (Lipinski definition) is 3. The quantitative estimate of drug-likeness (QED) is 0.908. The summed E-state index contributed by atoms with van der Waals surface area (Å²) < 4.78 is 0. The summed E-state index contributed by atoms with van der Waals surface area (Å²) in [5.41, 5.74) is 3.14. The Kier molecular flexibility index (Phi) is 4.78. The van der Waals surface area contributed by atoms with Crippen molar-refractivity contribution in [2.75, 3.05) is 32.7 Å². The molecule has 4 nitrogen and oxygen atoms in total. The first-order valence-electron chi connectivity index (χ1n) is 7.24. The molecule has 110 valence electrons. The first-order chi connectivity index (χ1) is 9.47. The van der Waals surface area contributed by atoms with E-state index in [4.69, 9.17) is 0 Å². The zero-order valence-electron chi connectivity index (χ0n) is 12.6. The summed E-state index contributed by atoms with van der Waals surface area (Å²) in [5, 5.41) is 9.39. The minimum atomic E-state index is -0.308. The molecule has 0 saturated carbocycles. The van der Waals surface area contributed by atoms with E-state index in [0.29, 0.717) is 6.54 Å². The van der Waals surface area contributed by atoms with Gasteiger partial charge in [0, 0.05) is 38.3 Å². The van der Waals surface area contributed by atoms with Gasteiger partial charge in [-0.2, -0.15) is 0 Å². The van der Waals surface area contributed by atoms with Crippen LogP contribution in [0.4, 0.5) is 0 Å². The van der Waals surface area contributed by atoms with Crippen molar-refractivity contribution in [1.82, 2.24) is 9.80 Å². The summed E-state index contributed by atoms with van der Waals surface area (Å²) in [4.78, 5) is 16.6. The normalized spacial score (nSPS) is 18.1. The zero-order chi connectivity index (χ0) is 14.7. The first kappa shape index (κ1) is 15.0. The number of carbonyl (C=O) groups is 1. The Morgan fingerprint density at radius 3 is 2.40 bits per heavy atom. The van der Waals surface area contributed by atoms with Crippen molar-refractivity contribution in [1.29, 1.82) is 0 Å². The highest BCUT2D eigenvalue weighted by Crippen LogP contribution is 2.13. The zero-order valence-corrected chi connectivity index (χ0v) is 12.6. The van der Waals surface area contributed by atoms with Crippen LogP contribution in [0.3, 0.4) is 0 Å². The van der Waals surface area contributed by atoms with Gasteiger partial charge in [-0.15, -0.1) is 0 Å². The average molecular weight is 276 g/mol. The van der Waals surface area contributed by atoms with Gasteiger partial charge >= 0.3 is 0 Å². The molecule has 1 N–H and O–H groups in total. The molecule has 1 aliphatic rings. The summed E-state index contributed by atoms with van der Waals surface area (Å²) in [5.74, 6) is 0.116. The highest BCUT2D eigenvalue weighted by Gasteiger charge is 2.22. The van der Waals surface area contributed by atoms with Crippen LogP contribution >= 0.6 is 0 Å². The Morgan fingerprint density at radius 2 is 1.85 bits per heavy atom. The Hall–Kier alpha value is -1.39. The van der Waals surface area contributed by atoms with E-state index in [1.54, 1.807) is 6.92 Å². The fraction of sp³-hybridized carbons (Fsp3) is 0.562. The number of aliphatic hydroxyl groups is 1. The second-order valence-electron chi connectivity index (χ2n) is 5.74. The van der Waals surface area contributed by atoms with E-state index in [-0.39, 0.29) is 12.0 Å². The Morgan fingerprint density at radius 1 is 1.20 bits per heavy atom. The van der Waals surface area contributed by atoms with Gasteiger partial charge in [0.25, 0.3) is 5.91 Å². The molecule has 1 amide bonds. The lowest BCUT2D eigenvalue weighted by molar-refractivity contribution is 0.0554. The van der Waals surface area contributed by atoms with Gasteiger partial charge in [-0.3, -0.25) is 9.69 Å². The Balaban J connectivity index is 1.96. The van der Waals surface area contributed by atoms with E-state index in [2.05, 4.69) is 11.8 Å². The molecule has 0 radical (unpaired) electrons. The van der Waals surface area contributed by atoms with Gasteiger partial charge in [0.1, 0.15) is 0 Å². The lowest BCUT2D eigenvalue weighted by atomic mass is 10.1. The highest BCUT2D eigenvalue weighted by molar-refractivity contribution is 5.94. The van der Waals surface area contributed by atoms with Crippen molar-refractivity contribution in [2.24, 2.45) is 0 Å². The fourth-order valence-electron chi connectivity index (χ4n) is 2.56. The molecule has 1 heterocycles. The van der Waals surface area contributed by atoms with Crippen molar-refractivity contribution >= 4 is 5.91 Å². The van der Waals surface area contributed by atoms with Crippen LogP contribution in [0.25, 0.3) is 0 Å². The molecular formula is C16H24N2O2. The van der Waals surface area contributed by atoms with Gasteiger partial charge < -0.3 is 10.0 Å². The number of nitrogens with zero attached hydrogens (tertiary/aromatic N) is 2. The van der Waals surface area contributed by atoms with Crippen LogP contribution in [0, 0.1) is 13.8 Å². The monoisotopic (exact) mass is 276 g/mol. The third-order valence-electron chi connectivity index (χ3n) is 3.94. The number of benzene rings is 1. The van der Waals surface area contributed by atoms with Gasteiger partial charge in [0.05, 0.1) is 6.10 Å². The molecule has 2 rings (SSSR count). The number of rotatable bonds is 3. The second-order valence-corrected chi connectivity index (χ2v) is 5.74. The molecule has 4 heteroatoms. The number of hydrogen-bond donors (Lipinski definition) is 1. The van der Waals surface area contributed by atoms with Crippen LogP contribution in [0.15, 0.2) is 18.2 Å². The maximum Gasteiger partial charge on any atom is 0.253 e. The molecule has 1 aromatic rings.